The zero-order chi connectivity index (χ0) is 10.8. The number of primary amides is 1. The third-order valence-corrected chi connectivity index (χ3v) is 2.59. The largest absolute Gasteiger partial charge is 0.370 e. The van der Waals surface area contributed by atoms with Crippen LogP contribution in [0.3, 0.4) is 0 Å². The number of fused-ring (bicyclic) bond motifs is 1. The molecule has 2 rings (SSSR count). The van der Waals surface area contributed by atoms with E-state index in [1.54, 1.807) is 0 Å². The average Bonchev–Trinajstić information content (AvgIpc) is 2.56. The Morgan fingerprint density at radius 2 is 2.33 bits per heavy atom. The standard InChI is InChI=1S/C10H10BrN3O/c11-6-1-2-7-8(5-6)14-10(13-7)4-3-9(12)15/h1-2,5H,3-4H2,(H2,12,15)(H,13,14). The maximum absolute atomic E-state index is 10.6. The average molecular weight is 268 g/mol. The van der Waals surface area contributed by atoms with Crippen LogP contribution in [0.1, 0.15) is 12.2 Å². The fourth-order valence-electron chi connectivity index (χ4n) is 1.39. The second-order valence-corrected chi connectivity index (χ2v) is 4.23. The van der Waals surface area contributed by atoms with Gasteiger partial charge in [-0.1, -0.05) is 15.9 Å². The van der Waals surface area contributed by atoms with Gasteiger partial charge in [-0.25, -0.2) is 4.98 Å². The molecule has 1 amide bonds. The van der Waals surface area contributed by atoms with Crippen molar-refractivity contribution in [2.24, 2.45) is 5.73 Å². The van der Waals surface area contributed by atoms with E-state index in [0.29, 0.717) is 12.8 Å². The third kappa shape index (κ3) is 2.36. The predicted octanol–water partition coefficient (Wildman–Crippen LogP) is 1.74. The summed E-state index contributed by atoms with van der Waals surface area (Å²) >= 11 is 3.38. The van der Waals surface area contributed by atoms with E-state index in [1.165, 1.54) is 0 Å². The normalized spacial score (nSPS) is 10.7. The maximum atomic E-state index is 10.6. The first-order valence-corrected chi connectivity index (χ1v) is 5.37. The highest BCUT2D eigenvalue weighted by atomic mass is 79.9. The summed E-state index contributed by atoms with van der Waals surface area (Å²) in [5.74, 6) is 0.485. The van der Waals surface area contributed by atoms with Gasteiger partial charge in [-0.15, -0.1) is 0 Å². The van der Waals surface area contributed by atoms with Crippen molar-refractivity contribution in [3.8, 4) is 0 Å². The molecule has 0 saturated heterocycles. The molecule has 0 spiro atoms. The van der Waals surface area contributed by atoms with Gasteiger partial charge in [0, 0.05) is 17.3 Å². The molecule has 3 N–H and O–H groups in total. The van der Waals surface area contributed by atoms with Crippen LogP contribution < -0.4 is 5.73 Å². The monoisotopic (exact) mass is 267 g/mol. The van der Waals surface area contributed by atoms with Gasteiger partial charge < -0.3 is 10.7 Å². The lowest BCUT2D eigenvalue weighted by molar-refractivity contribution is -0.118. The van der Waals surface area contributed by atoms with Crippen molar-refractivity contribution >= 4 is 32.9 Å². The van der Waals surface area contributed by atoms with E-state index in [-0.39, 0.29) is 5.91 Å². The number of carbonyl (C=O) groups is 1. The van der Waals surface area contributed by atoms with E-state index >= 15 is 0 Å². The molecular formula is C10H10BrN3O. The summed E-state index contributed by atoms with van der Waals surface area (Å²) in [6.45, 7) is 0. The SMILES string of the molecule is NC(=O)CCc1nc2ccc(Br)cc2[nH]1. The van der Waals surface area contributed by atoms with Crippen LogP contribution in [-0.4, -0.2) is 15.9 Å². The topological polar surface area (TPSA) is 71.8 Å². The smallest absolute Gasteiger partial charge is 0.217 e. The number of nitrogens with zero attached hydrogens (tertiary/aromatic N) is 1. The van der Waals surface area contributed by atoms with Crippen LogP contribution in [0.5, 0.6) is 0 Å². The van der Waals surface area contributed by atoms with Gasteiger partial charge in [0.15, 0.2) is 0 Å². The molecule has 0 atom stereocenters. The van der Waals surface area contributed by atoms with Crippen molar-refractivity contribution in [3.63, 3.8) is 0 Å². The lowest BCUT2D eigenvalue weighted by Crippen LogP contribution is -2.11. The molecular weight excluding hydrogens is 258 g/mol. The number of H-pyrrole nitrogens is 1. The number of amides is 1. The molecule has 4 nitrogen and oxygen atoms in total. The minimum atomic E-state index is -0.309. The lowest BCUT2D eigenvalue weighted by Gasteiger charge is -1.91. The number of halogens is 1. The van der Waals surface area contributed by atoms with Gasteiger partial charge >= 0.3 is 0 Å². The quantitative estimate of drug-likeness (QED) is 0.890. The Morgan fingerprint density at radius 1 is 1.53 bits per heavy atom. The first kappa shape index (κ1) is 10.2. The summed E-state index contributed by atoms with van der Waals surface area (Å²) in [5.41, 5.74) is 6.93. The minimum Gasteiger partial charge on any atom is -0.370 e. The molecule has 1 heterocycles. The summed E-state index contributed by atoms with van der Waals surface area (Å²) in [5, 5.41) is 0. The number of aryl methyl sites for hydroxylation is 1. The second-order valence-electron chi connectivity index (χ2n) is 3.31. The molecule has 1 aromatic carbocycles. The molecule has 5 heteroatoms. The van der Waals surface area contributed by atoms with E-state index in [9.17, 15) is 4.79 Å². The van der Waals surface area contributed by atoms with Crippen LogP contribution in [0.4, 0.5) is 0 Å². The Labute approximate surface area is 95.0 Å². The van der Waals surface area contributed by atoms with Crippen LogP contribution in [0.25, 0.3) is 11.0 Å². The van der Waals surface area contributed by atoms with Gasteiger partial charge in [-0.05, 0) is 18.2 Å². The molecule has 1 aromatic heterocycles. The fraction of sp³-hybridized carbons (Fsp3) is 0.200. The Balaban J connectivity index is 2.27. The zero-order valence-corrected chi connectivity index (χ0v) is 9.54. The number of nitrogens with one attached hydrogen (secondary N) is 1. The van der Waals surface area contributed by atoms with Crippen LogP contribution in [-0.2, 0) is 11.2 Å². The van der Waals surface area contributed by atoms with Gasteiger partial charge in [0.2, 0.25) is 5.91 Å². The molecule has 0 aliphatic rings. The number of hydrogen-bond donors (Lipinski definition) is 2. The van der Waals surface area contributed by atoms with Crippen molar-refractivity contribution < 1.29 is 4.79 Å². The molecule has 0 radical (unpaired) electrons. The summed E-state index contributed by atoms with van der Waals surface area (Å²) < 4.78 is 1.00. The molecule has 0 bridgehead atoms. The molecule has 15 heavy (non-hydrogen) atoms. The molecule has 0 aliphatic carbocycles. The molecule has 0 saturated carbocycles. The fourth-order valence-corrected chi connectivity index (χ4v) is 1.76. The van der Waals surface area contributed by atoms with E-state index in [1.807, 2.05) is 18.2 Å². The van der Waals surface area contributed by atoms with E-state index in [4.69, 9.17) is 5.73 Å². The molecule has 0 fully saturated rings. The first-order chi connectivity index (χ1) is 7.15. The van der Waals surface area contributed by atoms with Gasteiger partial charge in [0.25, 0.3) is 0 Å². The van der Waals surface area contributed by atoms with E-state index < -0.39 is 0 Å². The number of hydrogen-bond acceptors (Lipinski definition) is 2. The lowest BCUT2D eigenvalue weighted by atomic mass is 10.3. The van der Waals surface area contributed by atoms with Crippen LogP contribution in [0.2, 0.25) is 0 Å². The van der Waals surface area contributed by atoms with Crippen molar-refractivity contribution in [1.29, 1.82) is 0 Å². The Hall–Kier alpha value is -1.36. The number of carbonyl (C=O) groups excluding carboxylic acids is 1. The summed E-state index contributed by atoms with van der Waals surface area (Å²) in [6.07, 6.45) is 0.878. The summed E-state index contributed by atoms with van der Waals surface area (Å²) in [6, 6.07) is 5.81. The van der Waals surface area contributed by atoms with Gasteiger partial charge in [0.05, 0.1) is 11.0 Å². The highest BCUT2D eigenvalue weighted by Gasteiger charge is 2.04. The van der Waals surface area contributed by atoms with Gasteiger partial charge in [-0.3, -0.25) is 4.79 Å². The summed E-state index contributed by atoms with van der Waals surface area (Å²) in [7, 11) is 0. The predicted molar refractivity (Wildman–Crippen MR) is 61.3 cm³/mol. The minimum absolute atomic E-state index is 0.309. The highest BCUT2D eigenvalue weighted by Crippen LogP contribution is 2.17. The number of imidazole rings is 1. The van der Waals surface area contributed by atoms with Crippen LogP contribution >= 0.6 is 15.9 Å². The van der Waals surface area contributed by atoms with Crippen molar-refractivity contribution in [2.45, 2.75) is 12.8 Å². The first-order valence-electron chi connectivity index (χ1n) is 4.57. The van der Waals surface area contributed by atoms with E-state index in [0.717, 1.165) is 21.3 Å². The van der Waals surface area contributed by atoms with Crippen LogP contribution in [0.15, 0.2) is 22.7 Å². The van der Waals surface area contributed by atoms with Crippen LogP contribution in [0, 0.1) is 0 Å². The number of aromatic nitrogens is 2. The number of aromatic amines is 1. The van der Waals surface area contributed by atoms with Crippen molar-refractivity contribution in [2.75, 3.05) is 0 Å². The van der Waals surface area contributed by atoms with Gasteiger partial charge in [0.1, 0.15) is 5.82 Å². The van der Waals surface area contributed by atoms with Crippen molar-refractivity contribution in [3.05, 3.63) is 28.5 Å². The van der Waals surface area contributed by atoms with Gasteiger partial charge in [-0.2, -0.15) is 0 Å². The second kappa shape index (κ2) is 4.02. The summed E-state index contributed by atoms with van der Waals surface area (Å²) in [4.78, 5) is 18.1. The van der Waals surface area contributed by atoms with E-state index in [2.05, 4.69) is 25.9 Å². The zero-order valence-electron chi connectivity index (χ0n) is 7.96. The maximum Gasteiger partial charge on any atom is 0.217 e. The number of nitrogens with two attached hydrogens (primary N) is 1. The molecule has 78 valence electrons. The van der Waals surface area contributed by atoms with Crippen molar-refractivity contribution in [1.82, 2.24) is 9.97 Å². The Morgan fingerprint density at radius 3 is 3.07 bits per heavy atom. The molecule has 2 aromatic rings. The highest BCUT2D eigenvalue weighted by molar-refractivity contribution is 9.10. The number of rotatable bonds is 3. The molecule has 0 aliphatic heterocycles. The molecule has 0 unspecified atom stereocenters. The Kier molecular flexibility index (Phi) is 2.73. The Bertz CT molecular complexity index is 506. The number of benzene rings is 1. The third-order valence-electron chi connectivity index (χ3n) is 2.10.